The Morgan fingerprint density at radius 3 is 3.00 bits per heavy atom. The van der Waals surface area contributed by atoms with Crippen LogP contribution in [0.4, 0.5) is 4.39 Å². The molecule has 0 aliphatic carbocycles. The van der Waals surface area contributed by atoms with Gasteiger partial charge in [-0.1, -0.05) is 24.6 Å². The first-order valence-electron chi connectivity index (χ1n) is 6.80. The number of nitrogens with one attached hydrogen (secondary N) is 1. The summed E-state index contributed by atoms with van der Waals surface area (Å²) < 4.78 is 14.9. The van der Waals surface area contributed by atoms with Gasteiger partial charge in [-0.3, -0.25) is 4.79 Å². The van der Waals surface area contributed by atoms with E-state index < -0.39 is 5.82 Å². The quantitative estimate of drug-likeness (QED) is 0.892. The van der Waals surface area contributed by atoms with Gasteiger partial charge in [-0.15, -0.1) is 0 Å². The number of imidazole rings is 1. The van der Waals surface area contributed by atoms with Crippen LogP contribution in [0.2, 0.25) is 5.02 Å². The van der Waals surface area contributed by atoms with Crippen molar-refractivity contribution in [3.05, 3.63) is 52.8 Å². The lowest BCUT2D eigenvalue weighted by Crippen LogP contribution is -2.26. The van der Waals surface area contributed by atoms with Crippen molar-refractivity contribution < 1.29 is 9.18 Å². The Morgan fingerprint density at radius 1 is 1.48 bits per heavy atom. The second-order valence-electron chi connectivity index (χ2n) is 4.73. The molecule has 0 aliphatic heterocycles. The molecule has 1 N–H and O–H groups in total. The molecule has 0 bridgehead atoms. The highest BCUT2D eigenvalue weighted by atomic mass is 35.5. The molecule has 0 saturated carbocycles. The number of nitrogens with zero attached hydrogens (tertiary/aromatic N) is 2. The summed E-state index contributed by atoms with van der Waals surface area (Å²) in [6.07, 6.45) is 4.73. The van der Waals surface area contributed by atoms with Gasteiger partial charge in [-0.05, 0) is 24.1 Å². The van der Waals surface area contributed by atoms with Gasteiger partial charge in [0, 0.05) is 24.0 Å². The average Bonchev–Trinajstić information content (AvgIpc) is 2.88. The fourth-order valence-electron chi connectivity index (χ4n) is 2.03. The first-order chi connectivity index (χ1) is 10.1. The molecule has 2 aromatic rings. The normalized spacial score (nSPS) is 10.6. The van der Waals surface area contributed by atoms with Crippen molar-refractivity contribution in [3.8, 4) is 0 Å². The first kappa shape index (κ1) is 15.5. The minimum Gasteiger partial charge on any atom is -0.349 e. The largest absolute Gasteiger partial charge is 0.349 e. The molecule has 1 heterocycles. The van der Waals surface area contributed by atoms with Crippen molar-refractivity contribution >= 4 is 17.5 Å². The van der Waals surface area contributed by atoms with Crippen molar-refractivity contribution in [2.24, 2.45) is 0 Å². The molecule has 6 heteroatoms. The topological polar surface area (TPSA) is 46.9 Å². The lowest BCUT2D eigenvalue weighted by molar-refractivity contribution is -0.120. The maximum absolute atomic E-state index is 12.9. The summed E-state index contributed by atoms with van der Waals surface area (Å²) in [6.45, 7) is 3.32. The zero-order valence-corrected chi connectivity index (χ0v) is 12.5. The molecule has 112 valence electrons. The Kier molecular flexibility index (Phi) is 5.33. The predicted octanol–water partition coefficient (Wildman–Crippen LogP) is 2.94. The summed E-state index contributed by atoms with van der Waals surface area (Å²) in [5, 5.41) is 3.06. The van der Waals surface area contributed by atoms with E-state index in [9.17, 15) is 9.18 Å². The van der Waals surface area contributed by atoms with E-state index >= 15 is 0 Å². The Morgan fingerprint density at radius 2 is 2.29 bits per heavy atom. The lowest BCUT2D eigenvalue weighted by Gasteiger charge is -2.08. The van der Waals surface area contributed by atoms with Crippen molar-refractivity contribution in [2.45, 2.75) is 32.9 Å². The van der Waals surface area contributed by atoms with E-state index in [0.29, 0.717) is 12.1 Å². The third-order valence-corrected chi connectivity index (χ3v) is 3.43. The van der Waals surface area contributed by atoms with Gasteiger partial charge in [0.1, 0.15) is 11.6 Å². The fourth-order valence-corrected chi connectivity index (χ4v) is 2.26. The SMILES string of the molecule is CCCn1ccnc1CNC(=O)Cc1ccc(F)cc1Cl. The summed E-state index contributed by atoms with van der Waals surface area (Å²) in [6, 6.07) is 4.02. The van der Waals surface area contributed by atoms with Gasteiger partial charge in [0.05, 0.1) is 13.0 Å². The zero-order chi connectivity index (χ0) is 15.2. The highest BCUT2D eigenvalue weighted by Gasteiger charge is 2.09. The van der Waals surface area contributed by atoms with Crippen LogP contribution in [0.3, 0.4) is 0 Å². The molecule has 1 amide bonds. The molecule has 0 spiro atoms. The lowest BCUT2D eigenvalue weighted by atomic mass is 10.1. The Balaban J connectivity index is 1.91. The van der Waals surface area contributed by atoms with Crippen LogP contribution in [0, 0.1) is 5.82 Å². The van der Waals surface area contributed by atoms with Crippen molar-refractivity contribution in [2.75, 3.05) is 0 Å². The number of halogens is 2. The monoisotopic (exact) mass is 309 g/mol. The number of benzene rings is 1. The second kappa shape index (κ2) is 7.22. The molecular formula is C15H17ClFN3O. The van der Waals surface area contributed by atoms with Crippen LogP contribution in [-0.2, 0) is 24.3 Å². The number of aromatic nitrogens is 2. The highest BCUT2D eigenvalue weighted by Crippen LogP contribution is 2.17. The van der Waals surface area contributed by atoms with Crippen LogP contribution in [0.5, 0.6) is 0 Å². The Labute approximate surface area is 127 Å². The summed E-state index contributed by atoms with van der Waals surface area (Å²) in [4.78, 5) is 16.1. The van der Waals surface area contributed by atoms with Gasteiger partial charge >= 0.3 is 0 Å². The molecule has 0 fully saturated rings. The van der Waals surface area contributed by atoms with Crippen LogP contribution >= 0.6 is 11.6 Å². The van der Waals surface area contributed by atoms with E-state index in [1.54, 1.807) is 6.20 Å². The van der Waals surface area contributed by atoms with E-state index in [-0.39, 0.29) is 17.4 Å². The number of hydrogen-bond donors (Lipinski definition) is 1. The van der Waals surface area contributed by atoms with E-state index in [1.807, 2.05) is 10.8 Å². The number of carbonyl (C=O) groups excluding carboxylic acids is 1. The fraction of sp³-hybridized carbons (Fsp3) is 0.333. The molecule has 0 aliphatic rings. The number of carbonyl (C=O) groups is 1. The summed E-state index contributed by atoms with van der Waals surface area (Å²) in [5.74, 6) is 0.232. The molecule has 2 rings (SSSR count). The van der Waals surface area contributed by atoms with Crippen molar-refractivity contribution in [3.63, 3.8) is 0 Å². The van der Waals surface area contributed by atoms with Gasteiger partial charge in [-0.25, -0.2) is 9.37 Å². The standard InChI is InChI=1S/C15H17ClFN3O/c1-2-6-20-7-5-18-14(20)10-19-15(21)8-11-3-4-12(17)9-13(11)16/h3-5,7,9H,2,6,8,10H2,1H3,(H,19,21). The van der Waals surface area contributed by atoms with E-state index in [0.717, 1.165) is 18.8 Å². The van der Waals surface area contributed by atoms with Gasteiger partial charge in [0.2, 0.25) is 5.91 Å². The third kappa shape index (κ3) is 4.29. The minimum atomic E-state index is -0.411. The van der Waals surface area contributed by atoms with Crippen LogP contribution < -0.4 is 5.32 Å². The molecule has 0 saturated heterocycles. The van der Waals surface area contributed by atoms with Gasteiger partial charge in [0.25, 0.3) is 0 Å². The van der Waals surface area contributed by atoms with Gasteiger partial charge < -0.3 is 9.88 Å². The number of amides is 1. The average molecular weight is 310 g/mol. The summed E-state index contributed by atoms with van der Waals surface area (Å²) in [7, 11) is 0. The zero-order valence-electron chi connectivity index (χ0n) is 11.8. The maximum Gasteiger partial charge on any atom is 0.224 e. The first-order valence-corrected chi connectivity index (χ1v) is 7.18. The maximum atomic E-state index is 12.9. The molecule has 4 nitrogen and oxygen atoms in total. The number of rotatable bonds is 6. The molecule has 0 unspecified atom stereocenters. The van der Waals surface area contributed by atoms with Crippen LogP contribution in [0.1, 0.15) is 24.7 Å². The Bertz CT molecular complexity index is 627. The van der Waals surface area contributed by atoms with Gasteiger partial charge in [-0.2, -0.15) is 0 Å². The molecule has 21 heavy (non-hydrogen) atoms. The van der Waals surface area contributed by atoms with E-state index in [1.165, 1.54) is 18.2 Å². The van der Waals surface area contributed by atoms with Crippen LogP contribution in [-0.4, -0.2) is 15.5 Å². The third-order valence-electron chi connectivity index (χ3n) is 3.08. The van der Waals surface area contributed by atoms with Gasteiger partial charge in [0.15, 0.2) is 0 Å². The smallest absolute Gasteiger partial charge is 0.224 e. The molecule has 0 radical (unpaired) electrons. The highest BCUT2D eigenvalue weighted by molar-refractivity contribution is 6.31. The van der Waals surface area contributed by atoms with Crippen molar-refractivity contribution in [1.29, 1.82) is 0 Å². The molecule has 0 atom stereocenters. The van der Waals surface area contributed by atoms with Crippen LogP contribution in [0.15, 0.2) is 30.6 Å². The number of aryl methyl sites for hydroxylation is 1. The summed E-state index contributed by atoms with van der Waals surface area (Å²) in [5.41, 5.74) is 0.604. The molecular weight excluding hydrogens is 293 g/mol. The second-order valence-corrected chi connectivity index (χ2v) is 5.13. The summed E-state index contributed by atoms with van der Waals surface area (Å²) >= 11 is 5.90. The molecule has 1 aromatic heterocycles. The predicted molar refractivity (Wildman–Crippen MR) is 79.5 cm³/mol. The minimum absolute atomic E-state index is 0.119. The Hall–Kier alpha value is -1.88. The molecule has 1 aromatic carbocycles. The number of hydrogen-bond acceptors (Lipinski definition) is 2. The van der Waals surface area contributed by atoms with E-state index in [4.69, 9.17) is 11.6 Å². The van der Waals surface area contributed by atoms with Crippen molar-refractivity contribution in [1.82, 2.24) is 14.9 Å². The van der Waals surface area contributed by atoms with E-state index in [2.05, 4.69) is 17.2 Å². The van der Waals surface area contributed by atoms with Crippen LogP contribution in [0.25, 0.3) is 0 Å².